The van der Waals surface area contributed by atoms with Crippen LogP contribution in [0.15, 0.2) is 59.0 Å². The van der Waals surface area contributed by atoms with Gasteiger partial charge in [-0.2, -0.15) is 0 Å². The van der Waals surface area contributed by atoms with Crippen molar-refractivity contribution in [1.82, 2.24) is 14.1 Å². The van der Waals surface area contributed by atoms with Crippen LogP contribution in [0.2, 0.25) is 0 Å². The summed E-state index contributed by atoms with van der Waals surface area (Å²) >= 11 is 0. The lowest BCUT2D eigenvalue weighted by Gasteiger charge is -2.29. The van der Waals surface area contributed by atoms with Crippen molar-refractivity contribution in [3.63, 3.8) is 0 Å². The van der Waals surface area contributed by atoms with Crippen molar-refractivity contribution >= 4 is 27.5 Å². The maximum Gasteiger partial charge on any atom is 0.295 e. The largest absolute Gasteiger partial charge is 0.507 e. The van der Waals surface area contributed by atoms with Crippen molar-refractivity contribution in [2.45, 2.75) is 17.4 Å². The van der Waals surface area contributed by atoms with E-state index in [1.54, 1.807) is 6.07 Å². The second-order valence-corrected chi connectivity index (χ2v) is 11.3. The molecule has 2 saturated heterocycles. The summed E-state index contributed by atoms with van der Waals surface area (Å²) in [6.07, 6.45) is 0.551. The smallest absolute Gasteiger partial charge is 0.295 e. The van der Waals surface area contributed by atoms with E-state index in [0.29, 0.717) is 26.2 Å². The third kappa shape index (κ3) is 5.45. The number of aliphatic hydroxyl groups excluding tert-OH is 1. The van der Waals surface area contributed by atoms with Gasteiger partial charge in [-0.1, -0.05) is 18.2 Å². The molecule has 1 unspecified atom stereocenters. The second kappa shape index (κ2) is 11.1. The molecule has 0 radical (unpaired) electrons. The van der Waals surface area contributed by atoms with Crippen LogP contribution in [0.3, 0.4) is 0 Å². The normalized spacial score (nSPS) is 20.6. The van der Waals surface area contributed by atoms with Crippen LogP contribution in [0.25, 0.3) is 5.76 Å². The Morgan fingerprint density at radius 1 is 1.05 bits per heavy atom. The fourth-order valence-electron chi connectivity index (χ4n) is 4.57. The minimum atomic E-state index is -3.70. The Morgan fingerprint density at radius 3 is 2.32 bits per heavy atom. The van der Waals surface area contributed by atoms with E-state index in [4.69, 9.17) is 4.74 Å². The molecule has 9 nitrogen and oxygen atoms in total. The zero-order valence-electron chi connectivity index (χ0n) is 20.8. The summed E-state index contributed by atoms with van der Waals surface area (Å²) in [7, 11) is -0.899. The molecule has 2 fully saturated rings. The van der Waals surface area contributed by atoms with E-state index in [0.717, 1.165) is 17.4 Å². The summed E-state index contributed by atoms with van der Waals surface area (Å²) in [5.41, 5.74) is 0.0106. The Hall–Kier alpha value is -3.12. The van der Waals surface area contributed by atoms with E-state index in [2.05, 4.69) is 4.90 Å². The third-order valence-corrected chi connectivity index (χ3v) is 8.45. The van der Waals surface area contributed by atoms with Crippen LogP contribution < -0.4 is 0 Å². The lowest BCUT2D eigenvalue weighted by Crippen LogP contribution is -2.39. The number of carbonyl (C=O) groups excluding carboxylic acids is 2. The lowest BCUT2D eigenvalue weighted by molar-refractivity contribution is -0.140. The van der Waals surface area contributed by atoms with Gasteiger partial charge < -0.3 is 14.7 Å². The number of sulfonamides is 1. The molecule has 1 amide bonds. The van der Waals surface area contributed by atoms with Gasteiger partial charge in [0.05, 0.1) is 29.7 Å². The number of amides is 1. The molecular formula is C26H30FN3O6S. The number of ether oxygens (including phenoxy) is 1. The minimum absolute atomic E-state index is 0.00303. The number of Topliss-reactive ketones (excluding diaryl/α,β-unsaturated/α-hetero) is 1. The van der Waals surface area contributed by atoms with E-state index in [1.807, 2.05) is 0 Å². The molecule has 11 heteroatoms. The molecular weight excluding hydrogens is 501 g/mol. The molecule has 0 spiro atoms. The van der Waals surface area contributed by atoms with Gasteiger partial charge in [0.25, 0.3) is 11.7 Å². The van der Waals surface area contributed by atoms with Crippen LogP contribution in [0.1, 0.15) is 23.6 Å². The van der Waals surface area contributed by atoms with Crippen molar-refractivity contribution in [2.24, 2.45) is 0 Å². The van der Waals surface area contributed by atoms with Crippen molar-refractivity contribution < 1.29 is 32.2 Å². The van der Waals surface area contributed by atoms with Crippen LogP contribution >= 0.6 is 0 Å². The molecule has 2 aromatic carbocycles. The highest BCUT2D eigenvalue weighted by Crippen LogP contribution is 2.40. The van der Waals surface area contributed by atoms with Crippen molar-refractivity contribution in [2.75, 3.05) is 53.5 Å². The Bertz CT molecular complexity index is 1300. The Kier molecular flexibility index (Phi) is 8.08. The first kappa shape index (κ1) is 26.9. The first-order valence-corrected chi connectivity index (χ1v) is 13.4. The highest BCUT2D eigenvalue weighted by atomic mass is 32.2. The molecule has 0 saturated carbocycles. The van der Waals surface area contributed by atoms with Gasteiger partial charge in [-0.05, 0) is 36.8 Å². The zero-order valence-corrected chi connectivity index (χ0v) is 21.6. The third-order valence-electron chi connectivity index (χ3n) is 6.62. The SMILES string of the molecule is CN(C)S(=O)(=O)c1ccc(/C(O)=C2/C(=O)C(=O)N(CCCN3CCOCC3)C2c2ccccc2F)cc1. The molecule has 198 valence electrons. The fourth-order valence-corrected chi connectivity index (χ4v) is 5.47. The summed E-state index contributed by atoms with van der Waals surface area (Å²) in [4.78, 5) is 29.7. The summed E-state index contributed by atoms with van der Waals surface area (Å²) in [6.45, 7) is 3.68. The average Bonchev–Trinajstić information content (AvgIpc) is 3.14. The first-order valence-electron chi connectivity index (χ1n) is 12.0. The van der Waals surface area contributed by atoms with Gasteiger partial charge in [-0.25, -0.2) is 17.1 Å². The van der Waals surface area contributed by atoms with Crippen LogP contribution in [0.4, 0.5) is 4.39 Å². The lowest BCUT2D eigenvalue weighted by atomic mass is 9.95. The number of hydrogen-bond donors (Lipinski definition) is 1. The Morgan fingerprint density at radius 2 is 1.70 bits per heavy atom. The predicted octanol–water partition coefficient (Wildman–Crippen LogP) is 2.22. The summed E-state index contributed by atoms with van der Waals surface area (Å²) in [5, 5.41) is 11.2. The molecule has 0 bridgehead atoms. The number of hydrogen-bond acceptors (Lipinski definition) is 7. The molecule has 0 aliphatic carbocycles. The van der Waals surface area contributed by atoms with Crippen LogP contribution in [-0.2, 0) is 24.3 Å². The zero-order chi connectivity index (χ0) is 26.7. The highest BCUT2D eigenvalue weighted by molar-refractivity contribution is 7.89. The number of likely N-dealkylation sites (tertiary alicyclic amines) is 1. The van der Waals surface area contributed by atoms with Gasteiger partial charge in [0, 0.05) is 51.4 Å². The number of rotatable bonds is 8. The van der Waals surface area contributed by atoms with Gasteiger partial charge in [-0.3, -0.25) is 14.5 Å². The maximum absolute atomic E-state index is 14.9. The first-order chi connectivity index (χ1) is 17.6. The summed E-state index contributed by atoms with van der Waals surface area (Å²) < 4.78 is 46.1. The van der Waals surface area contributed by atoms with Gasteiger partial charge in [0.15, 0.2) is 0 Å². The molecule has 0 aromatic heterocycles. The van der Waals surface area contributed by atoms with E-state index in [-0.39, 0.29) is 28.1 Å². The fraction of sp³-hybridized carbons (Fsp3) is 0.385. The highest BCUT2D eigenvalue weighted by Gasteiger charge is 2.46. The monoisotopic (exact) mass is 531 g/mol. The van der Waals surface area contributed by atoms with Gasteiger partial charge >= 0.3 is 0 Å². The van der Waals surface area contributed by atoms with Gasteiger partial charge in [0.2, 0.25) is 10.0 Å². The molecule has 37 heavy (non-hydrogen) atoms. The number of aliphatic hydroxyl groups is 1. The molecule has 1 atom stereocenters. The maximum atomic E-state index is 14.9. The topological polar surface area (TPSA) is 107 Å². The predicted molar refractivity (Wildman–Crippen MR) is 135 cm³/mol. The van der Waals surface area contributed by atoms with Crippen LogP contribution in [-0.4, -0.2) is 92.8 Å². The number of carbonyl (C=O) groups is 2. The van der Waals surface area contributed by atoms with Crippen molar-refractivity contribution in [3.05, 3.63) is 71.0 Å². The Balaban J connectivity index is 1.69. The molecule has 2 aromatic rings. The van der Waals surface area contributed by atoms with Crippen LogP contribution in [0, 0.1) is 5.82 Å². The second-order valence-electron chi connectivity index (χ2n) is 9.13. The number of nitrogens with zero attached hydrogens (tertiary/aromatic N) is 3. The standard InChI is InChI=1S/C26H30FN3O6S/c1-28(2)37(34,35)19-10-8-18(9-11-19)24(31)22-23(20-6-3-4-7-21(20)27)30(26(33)25(22)32)13-5-12-29-14-16-36-17-15-29/h3-4,6-11,23,31H,5,12-17H2,1-2H3/b24-22-. The van der Waals surface area contributed by atoms with E-state index in [1.165, 1.54) is 61.5 Å². The van der Waals surface area contributed by atoms with Crippen molar-refractivity contribution in [1.29, 1.82) is 0 Å². The van der Waals surface area contributed by atoms with E-state index < -0.39 is 39.3 Å². The van der Waals surface area contributed by atoms with E-state index in [9.17, 15) is 27.5 Å². The number of halogens is 1. The average molecular weight is 532 g/mol. The molecule has 1 N–H and O–H groups in total. The van der Waals surface area contributed by atoms with Gasteiger partial charge in [0.1, 0.15) is 11.6 Å². The summed E-state index contributed by atoms with van der Waals surface area (Å²) in [5.74, 6) is -2.83. The number of ketones is 1. The molecule has 4 rings (SSSR count). The summed E-state index contributed by atoms with van der Waals surface area (Å²) in [6, 6.07) is 10.1. The van der Waals surface area contributed by atoms with Crippen LogP contribution in [0.5, 0.6) is 0 Å². The molecule has 2 aliphatic heterocycles. The number of morpholine rings is 1. The number of benzene rings is 2. The quantitative estimate of drug-likeness (QED) is 0.316. The van der Waals surface area contributed by atoms with E-state index >= 15 is 0 Å². The van der Waals surface area contributed by atoms with Gasteiger partial charge in [-0.15, -0.1) is 0 Å². The molecule has 2 heterocycles. The van der Waals surface area contributed by atoms with Crippen molar-refractivity contribution in [3.8, 4) is 0 Å². The minimum Gasteiger partial charge on any atom is -0.507 e. The Labute approximate surface area is 215 Å². The molecule has 2 aliphatic rings.